The van der Waals surface area contributed by atoms with Gasteiger partial charge >= 0.3 is 5.88 Å². The lowest BCUT2D eigenvalue weighted by Gasteiger charge is -2.27. The first-order valence-electron chi connectivity index (χ1n) is 9.60. The van der Waals surface area contributed by atoms with Crippen LogP contribution in [0.5, 0.6) is 0 Å². The number of benzene rings is 1. The van der Waals surface area contributed by atoms with Crippen LogP contribution in [0.4, 0.5) is 5.88 Å². The highest BCUT2D eigenvalue weighted by Crippen LogP contribution is 2.30. The average Bonchev–Trinajstić information content (AvgIpc) is 3.46. The Labute approximate surface area is 179 Å². The number of hydrogen-bond donors (Lipinski definition) is 1. The molecule has 0 aliphatic carbocycles. The van der Waals surface area contributed by atoms with E-state index in [2.05, 4.69) is 0 Å². The Morgan fingerprint density at radius 1 is 1.13 bits per heavy atom. The smallest absolute Gasteiger partial charge is 0.395 e. The normalized spacial score (nSPS) is 23.3. The van der Waals surface area contributed by atoms with Crippen LogP contribution >= 0.6 is 12.4 Å². The molecule has 2 aliphatic rings. The second-order valence-electron chi connectivity index (χ2n) is 7.48. The van der Waals surface area contributed by atoms with Crippen LogP contribution < -0.4 is 5.73 Å². The van der Waals surface area contributed by atoms with Crippen molar-refractivity contribution in [2.75, 3.05) is 19.6 Å². The molecule has 0 spiro atoms. The van der Waals surface area contributed by atoms with Crippen molar-refractivity contribution in [3.63, 3.8) is 0 Å². The zero-order chi connectivity index (χ0) is 20.5. The van der Waals surface area contributed by atoms with Crippen molar-refractivity contribution < 1.29 is 18.9 Å². The lowest BCUT2D eigenvalue weighted by molar-refractivity contribution is -0.402. The minimum absolute atomic E-state index is 0. The van der Waals surface area contributed by atoms with Gasteiger partial charge in [0.25, 0.3) is 5.91 Å². The van der Waals surface area contributed by atoms with Crippen LogP contribution in [0, 0.1) is 10.1 Å². The van der Waals surface area contributed by atoms with E-state index in [-0.39, 0.29) is 36.0 Å². The first-order chi connectivity index (χ1) is 14.0. The molecule has 2 fully saturated rings. The van der Waals surface area contributed by atoms with Crippen molar-refractivity contribution in [1.29, 1.82) is 0 Å². The number of likely N-dealkylation sites (tertiary alicyclic amines) is 2. The Morgan fingerprint density at radius 3 is 2.53 bits per heavy atom. The highest BCUT2D eigenvalue weighted by Gasteiger charge is 2.42. The van der Waals surface area contributed by atoms with Crippen LogP contribution in [0.1, 0.15) is 34.9 Å². The summed E-state index contributed by atoms with van der Waals surface area (Å²) in [5.41, 5.74) is 7.40. The second-order valence-corrected chi connectivity index (χ2v) is 7.48. The number of hydrogen-bond acceptors (Lipinski definition) is 6. The molecule has 4 rings (SSSR count). The summed E-state index contributed by atoms with van der Waals surface area (Å²) in [4.78, 5) is 39.2. The summed E-state index contributed by atoms with van der Waals surface area (Å²) in [6, 6.07) is 11.5. The molecular weight excluding hydrogens is 412 g/mol. The number of nitro groups is 1. The zero-order valence-corrected chi connectivity index (χ0v) is 17.0. The van der Waals surface area contributed by atoms with Gasteiger partial charge < -0.3 is 20.0 Å². The summed E-state index contributed by atoms with van der Waals surface area (Å²) in [5, 5.41) is 10.8. The van der Waals surface area contributed by atoms with Gasteiger partial charge in [0.2, 0.25) is 5.91 Å². The minimum Gasteiger partial charge on any atom is -0.395 e. The van der Waals surface area contributed by atoms with E-state index in [0.29, 0.717) is 32.5 Å². The van der Waals surface area contributed by atoms with E-state index in [1.54, 1.807) is 4.90 Å². The third-order valence-electron chi connectivity index (χ3n) is 5.69. The Balaban J connectivity index is 0.00000256. The number of carbonyl (C=O) groups excluding carboxylic acids is 2. The standard InChI is InChI=1S/C20H22N4O5.ClH/c21-15-12-22(11-14(15)13-5-2-1-3-6-13)19(25)16-7-4-10-23(16)20(26)17-8-9-18(29-17)24(27)28;/h1-3,5-6,8-9,14-16H,4,7,10-12,21H2;1H/t14-,15+,16?;/m0./s1. The molecule has 30 heavy (non-hydrogen) atoms. The maximum absolute atomic E-state index is 13.2. The molecule has 2 amide bonds. The summed E-state index contributed by atoms with van der Waals surface area (Å²) in [5.74, 6) is -1.20. The predicted octanol–water partition coefficient (Wildman–Crippen LogP) is 2.17. The summed E-state index contributed by atoms with van der Waals surface area (Å²) < 4.78 is 5.03. The third-order valence-corrected chi connectivity index (χ3v) is 5.69. The van der Waals surface area contributed by atoms with Crippen LogP contribution in [0.25, 0.3) is 0 Å². The van der Waals surface area contributed by atoms with Crippen LogP contribution in [-0.2, 0) is 4.79 Å². The predicted molar refractivity (Wildman–Crippen MR) is 110 cm³/mol. The van der Waals surface area contributed by atoms with Crippen molar-refractivity contribution >= 4 is 30.1 Å². The van der Waals surface area contributed by atoms with Gasteiger partial charge in [-0.15, -0.1) is 12.4 Å². The van der Waals surface area contributed by atoms with E-state index in [9.17, 15) is 19.7 Å². The molecule has 3 atom stereocenters. The fraction of sp³-hybridized carbons (Fsp3) is 0.400. The molecule has 0 saturated carbocycles. The number of nitrogens with two attached hydrogens (primary N) is 1. The largest absolute Gasteiger partial charge is 0.433 e. The number of furan rings is 1. The van der Waals surface area contributed by atoms with E-state index >= 15 is 0 Å². The van der Waals surface area contributed by atoms with Crippen LogP contribution in [0.2, 0.25) is 0 Å². The summed E-state index contributed by atoms with van der Waals surface area (Å²) >= 11 is 0. The summed E-state index contributed by atoms with van der Waals surface area (Å²) in [6.45, 7) is 1.35. The fourth-order valence-electron chi connectivity index (χ4n) is 4.22. The van der Waals surface area contributed by atoms with Gasteiger partial charge in [0.1, 0.15) is 11.0 Å². The van der Waals surface area contributed by atoms with Gasteiger partial charge in [-0.3, -0.25) is 19.7 Å². The molecule has 160 valence electrons. The molecular formula is C20H23ClN4O5. The van der Waals surface area contributed by atoms with Crippen LogP contribution in [0.3, 0.4) is 0 Å². The number of halogens is 1. The Bertz CT molecular complexity index is 934. The van der Waals surface area contributed by atoms with Gasteiger partial charge in [-0.2, -0.15) is 0 Å². The first-order valence-corrected chi connectivity index (χ1v) is 9.60. The van der Waals surface area contributed by atoms with Crippen molar-refractivity contribution in [3.8, 4) is 0 Å². The molecule has 2 saturated heterocycles. The number of nitrogens with zero attached hydrogens (tertiary/aromatic N) is 3. The molecule has 2 aliphatic heterocycles. The van der Waals surface area contributed by atoms with Crippen molar-refractivity contribution in [1.82, 2.24) is 9.80 Å². The van der Waals surface area contributed by atoms with Gasteiger partial charge in [-0.25, -0.2) is 0 Å². The molecule has 1 unspecified atom stereocenters. The van der Waals surface area contributed by atoms with E-state index in [1.807, 2.05) is 30.3 Å². The number of carbonyl (C=O) groups is 2. The average molecular weight is 435 g/mol. The van der Waals surface area contributed by atoms with Gasteiger partial charge in [0, 0.05) is 31.6 Å². The highest BCUT2D eigenvalue weighted by molar-refractivity contribution is 5.96. The van der Waals surface area contributed by atoms with Crippen LogP contribution in [-0.4, -0.2) is 58.3 Å². The maximum atomic E-state index is 13.2. The first kappa shape index (κ1) is 21.8. The molecule has 1 aromatic carbocycles. The van der Waals surface area contributed by atoms with Crippen LogP contribution in [0.15, 0.2) is 46.9 Å². The number of amides is 2. The lowest BCUT2D eigenvalue weighted by Crippen LogP contribution is -2.47. The molecule has 9 nitrogen and oxygen atoms in total. The second kappa shape index (κ2) is 8.85. The quantitative estimate of drug-likeness (QED) is 0.581. The summed E-state index contributed by atoms with van der Waals surface area (Å²) in [7, 11) is 0. The minimum atomic E-state index is -0.696. The summed E-state index contributed by atoms with van der Waals surface area (Å²) in [6.07, 6.45) is 1.24. The Morgan fingerprint density at radius 2 is 1.87 bits per heavy atom. The van der Waals surface area contributed by atoms with Gasteiger partial charge in [0.15, 0.2) is 5.76 Å². The molecule has 1 aromatic heterocycles. The molecule has 10 heteroatoms. The fourth-order valence-corrected chi connectivity index (χ4v) is 4.22. The maximum Gasteiger partial charge on any atom is 0.433 e. The van der Waals surface area contributed by atoms with E-state index in [4.69, 9.17) is 10.2 Å². The molecule has 2 N–H and O–H groups in total. The van der Waals surface area contributed by atoms with E-state index < -0.39 is 22.8 Å². The van der Waals surface area contributed by atoms with Crippen molar-refractivity contribution in [2.24, 2.45) is 5.73 Å². The topological polar surface area (TPSA) is 123 Å². The Kier molecular flexibility index (Phi) is 6.42. The van der Waals surface area contributed by atoms with Crippen molar-refractivity contribution in [2.45, 2.75) is 30.8 Å². The Hall–Kier alpha value is -2.91. The van der Waals surface area contributed by atoms with E-state index in [0.717, 1.165) is 11.6 Å². The SMILES string of the molecule is Cl.N[C@@H]1CN(C(=O)C2CCCN2C(=O)c2ccc([N+](=O)[O-])o2)C[C@H]1c1ccccc1. The number of rotatable bonds is 4. The highest BCUT2D eigenvalue weighted by atomic mass is 35.5. The molecule has 0 radical (unpaired) electrons. The van der Waals surface area contributed by atoms with Crippen molar-refractivity contribution in [3.05, 3.63) is 63.9 Å². The van der Waals surface area contributed by atoms with Gasteiger partial charge in [-0.1, -0.05) is 30.3 Å². The third kappa shape index (κ3) is 4.03. The molecule has 3 heterocycles. The molecule has 0 bridgehead atoms. The monoisotopic (exact) mass is 434 g/mol. The van der Waals surface area contributed by atoms with Gasteiger partial charge in [0.05, 0.1) is 6.07 Å². The lowest BCUT2D eigenvalue weighted by atomic mass is 9.95. The van der Waals surface area contributed by atoms with E-state index in [1.165, 1.54) is 11.0 Å². The zero-order valence-electron chi connectivity index (χ0n) is 16.2. The van der Waals surface area contributed by atoms with Gasteiger partial charge in [-0.05, 0) is 24.5 Å². The molecule has 2 aromatic rings.